The molecule has 0 saturated carbocycles. The van der Waals surface area contributed by atoms with Gasteiger partial charge in [-0.3, -0.25) is 19.8 Å². The molecule has 0 bridgehead atoms. The fourth-order valence-corrected chi connectivity index (χ4v) is 2.38. The van der Waals surface area contributed by atoms with Crippen molar-refractivity contribution in [1.29, 1.82) is 0 Å². The summed E-state index contributed by atoms with van der Waals surface area (Å²) in [5.74, 6) is -0.981. The van der Waals surface area contributed by atoms with E-state index < -0.39 is 16.7 Å². The Morgan fingerprint density at radius 1 is 1.17 bits per heavy atom. The van der Waals surface area contributed by atoms with Crippen LogP contribution in [0.4, 0.5) is 5.88 Å². The Morgan fingerprint density at radius 2 is 1.83 bits per heavy atom. The van der Waals surface area contributed by atoms with Crippen molar-refractivity contribution in [3.8, 4) is 0 Å². The highest BCUT2D eigenvalue weighted by Crippen LogP contribution is 2.16. The minimum absolute atomic E-state index is 0.0667. The van der Waals surface area contributed by atoms with Crippen LogP contribution in [0.3, 0.4) is 0 Å². The molecule has 2 rings (SSSR count). The molecule has 0 fully saturated rings. The van der Waals surface area contributed by atoms with Gasteiger partial charge in [0.1, 0.15) is 4.92 Å². The lowest BCUT2D eigenvalue weighted by molar-refractivity contribution is -0.402. The SMILES string of the molecule is CCN(CC)Cc1ccccc1CNC(=O)c1ccc([N+](=O)[O-])o1. The van der Waals surface area contributed by atoms with Crippen molar-refractivity contribution < 1.29 is 14.1 Å². The van der Waals surface area contributed by atoms with Crippen molar-refractivity contribution in [3.63, 3.8) is 0 Å². The summed E-state index contributed by atoms with van der Waals surface area (Å²) in [7, 11) is 0. The van der Waals surface area contributed by atoms with E-state index in [4.69, 9.17) is 4.42 Å². The van der Waals surface area contributed by atoms with E-state index in [1.807, 2.05) is 24.3 Å². The maximum atomic E-state index is 12.1. The molecule has 0 aliphatic heterocycles. The Balaban J connectivity index is 2.03. The number of carbonyl (C=O) groups excluding carboxylic acids is 1. The van der Waals surface area contributed by atoms with Crippen LogP contribution in [-0.4, -0.2) is 28.8 Å². The Morgan fingerprint density at radius 3 is 2.42 bits per heavy atom. The lowest BCUT2D eigenvalue weighted by Crippen LogP contribution is -2.25. The summed E-state index contributed by atoms with van der Waals surface area (Å²) in [5, 5.41) is 13.3. The second kappa shape index (κ2) is 8.26. The average Bonchev–Trinajstić information content (AvgIpc) is 3.09. The van der Waals surface area contributed by atoms with Crippen molar-refractivity contribution in [3.05, 3.63) is 63.4 Å². The maximum Gasteiger partial charge on any atom is 0.433 e. The van der Waals surface area contributed by atoms with E-state index in [0.29, 0.717) is 6.54 Å². The van der Waals surface area contributed by atoms with E-state index in [1.54, 1.807) is 0 Å². The lowest BCUT2D eigenvalue weighted by atomic mass is 10.1. The molecule has 0 aliphatic carbocycles. The standard InChI is InChI=1S/C17H21N3O4/c1-3-19(4-2)12-14-8-6-5-7-13(14)11-18-17(21)15-9-10-16(24-15)20(22)23/h5-10H,3-4,11-12H2,1-2H3,(H,18,21). The van der Waals surface area contributed by atoms with Gasteiger partial charge in [0.05, 0.1) is 6.07 Å². The smallest absolute Gasteiger partial charge is 0.395 e. The molecule has 24 heavy (non-hydrogen) atoms. The van der Waals surface area contributed by atoms with Crippen molar-refractivity contribution in [2.75, 3.05) is 13.1 Å². The molecule has 1 amide bonds. The van der Waals surface area contributed by atoms with Gasteiger partial charge in [-0.05, 0) is 30.3 Å². The molecule has 0 saturated heterocycles. The number of rotatable bonds is 8. The molecule has 1 aromatic carbocycles. The van der Waals surface area contributed by atoms with Gasteiger partial charge in [0.25, 0.3) is 5.91 Å². The Bertz CT molecular complexity index is 707. The number of carbonyl (C=O) groups is 1. The first-order chi connectivity index (χ1) is 11.5. The molecule has 0 atom stereocenters. The van der Waals surface area contributed by atoms with E-state index >= 15 is 0 Å². The van der Waals surface area contributed by atoms with Crippen LogP contribution in [0.15, 0.2) is 40.8 Å². The van der Waals surface area contributed by atoms with Crippen molar-refractivity contribution in [1.82, 2.24) is 10.2 Å². The average molecular weight is 331 g/mol. The van der Waals surface area contributed by atoms with Crippen molar-refractivity contribution in [2.24, 2.45) is 0 Å². The highest BCUT2D eigenvalue weighted by atomic mass is 16.6. The fourth-order valence-electron chi connectivity index (χ4n) is 2.38. The first kappa shape index (κ1) is 17.7. The molecule has 1 aromatic heterocycles. The molecule has 7 nitrogen and oxygen atoms in total. The molecule has 128 valence electrons. The van der Waals surface area contributed by atoms with Crippen LogP contribution in [0.25, 0.3) is 0 Å². The minimum Gasteiger partial charge on any atom is -0.395 e. The van der Waals surface area contributed by atoms with Gasteiger partial charge >= 0.3 is 5.88 Å². The normalized spacial score (nSPS) is 10.8. The van der Waals surface area contributed by atoms with Gasteiger partial charge in [0.2, 0.25) is 0 Å². The lowest BCUT2D eigenvalue weighted by Gasteiger charge is -2.20. The molecule has 0 unspecified atom stereocenters. The summed E-state index contributed by atoms with van der Waals surface area (Å²) in [6, 6.07) is 10.4. The fraction of sp³-hybridized carbons (Fsp3) is 0.353. The zero-order chi connectivity index (χ0) is 17.5. The van der Waals surface area contributed by atoms with E-state index in [1.165, 1.54) is 12.1 Å². The van der Waals surface area contributed by atoms with Crippen molar-refractivity contribution in [2.45, 2.75) is 26.9 Å². The van der Waals surface area contributed by atoms with Gasteiger partial charge in [0, 0.05) is 13.1 Å². The van der Waals surface area contributed by atoms with Gasteiger partial charge in [-0.2, -0.15) is 0 Å². The predicted molar refractivity (Wildman–Crippen MR) is 89.6 cm³/mol. The second-order valence-electron chi connectivity index (χ2n) is 5.31. The molecule has 7 heteroatoms. The Hall–Kier alpha value is -2.67. The number of nitro groups is 1. The molecule has 0 spiro atoms. The van der Waals surface area contributed by atoms with Crippen LogP contribution in [0.5, 0.6) is 0 Å². The first-order valence-electron chi connectivity index (χ1n) is 7.86. The van der Waals surface area contributed by atoms with E-state index in [9.17, 15) is 14.9 Å². The van der Waals surface area contributed by atoms with Gasteiger partial charge < -0.3 is 9.73 Å². The van der Waals surface area contributed by atoms with Crippen molar-refractivity contribution >= 4 is 11.8 Å². The number of amides is 1. The zero-order valence-electron chi connectivity index (χ0n) is 13.8. The molecular formula is C17H21N3O4. The third-order valence-electron chi connectivity index (χ3n) is 3.84. The number of furan rings is 1. The van der Waals surface area contributed by atoms with Gasteiger partial charge in [-0.25, -0.2) is 0 Å². The Kier molecular flexibility index (Phi) is 6.08. The van der Waals surface area contributed by atoms with E-state index in [-0.39, 0.29) is 5.76 Å². The quantitative estimate of drug-likeness (QED) is 0.593. The van der Waals surface area contributed by atoms with Crippen LogP contribution < -0.4 is 5.32 Å². The molecule has 1 heterocycles. The number of benzene rings is 1. The summed E-state index contributed by atoms with van der Waals surface area (Å²) in [5.41, 5.74) is 2.16. The van der Waals surface area contributed by atoms with Crippen LogP contribution in [-0.2, 0) is 13.1 Å². The number of nitrogens with zero attached hydrogens (tertiary/aromatic N) is 2. The van der Waals surface area contributed by atoms with Crippen LogP contribution >= 0.6 is 0 Å². The number of hydrogen-bond acceptors (Lipinski definition) is 5. The monoisotopic (exact) mass is 331 g/mol. The summed E-state index contributed by atoms with van der Waals surface area (Å²) < 4.78 is 4.91. The second-order valence-corrected chi connectivity index (χ2v) is 5.31. The summed E-state index contributed by atoms with van der Waals surface area (Å²) >= 11 is 0. The minimum atomic E-state index is -0.670. The molecule has 2 aromatic rings. The summed E-state index contributed by atoms with van der Waals surface area (Å²) in [6.07, 6.45) is 0. The number of nitrogens with one attached hydrogen (secondary N) is 1. The third-order valence-corrected chi connectivity index (χ3v) is 3.84. The number of hydrogen-bond donors (Lipinski definition) is 1. The predicted octanol–water partition coefficient (Wildman–Crippen LogP) is 2.96. The molecular weight excluding hydrogens is 310 g/mol. The molecule has 0 radical (unpaired) electrons. The topological polar surface area (TPSA) is 88.6 Å². The highest BCUT2D eigenvalue weighted by molar-refractivity contribution is 5.91. The summed E-state index contributed by atoms with van der Waals surface area (Å²) in [4.78, 5) is 24.3. The van der Waals surface area contributed by atoms with E-state index in [2.05, 4.69) is 24.1 Å². The first-order valence-corrected chi connectivity index (χ1v) is 7.86. The highest BCUT2D eigenvalue weighted by Gasteiger charge is 2.17. The van der Waals surface area contributed by atoms with Crippen LogP contribution in [0.2, 0.25) is 0 Å². The van der Waals surface area contributed by atoms with E-state index in [0.717, 1.165) is 30.8 Å². The van der Waals surface area contributed by atoms with Gasteiger partial charge in [0.15, 0.2) is 5.76 Å². The Labute approximate surface area is 140 Å². The largest absolute Gasteiger partial charge is 0.433 e. The van der Waals surface area contributed by atoms with Gasteiger partial charge in [-0.15, -0.1) is 0 Å². The van der Waals surface area contributed by atoms with Crippen LogP contribution in [0.1, 0.15) is 35.5 Å². The molecule has 1 N–H and O–H groups in total. The molecule has 0 aliphatic rings. The third kappa shape index (κ3) is 4.42. The van der Waals surface area contributed by atoms with Gasteiger partial charge in [-0.1, -0.05) is 38.1 Å². The van der Waals surface area contributed by atoms with Crippen LogP contribution in [0, 0.1) is 10.1 Å². The summed E-state index contributed by atoms with van der Waals surface area (Å²) in [6.45, 7) is 7.27. The maximum absolute atomic E-state index is 12.1. The zero-order valence-corrected chi connectivity index (χ0v) is 13.8.